The van der Waals surface area contributed by atoms with Gasteiger partial charge in [0.1, 0.15) is 6.04 Å². The fraction of sp³-hybridized carbons (Fsp3) is 0.375. The lowest BCUT2D eigenvalue weighted by molar-refractivity contribution is -0.148. The highest BCUT2D eigenvalue weighted by Gasteiger charge is 2.33. The molecule has 0 unspecified atom stereocenters. The van der Waals surface area contributed by atoms with Gasteiger partial charge in [0.2, 0.25) is 5.91 Å². The van der Waals surface area contributed by atoms with E-state index in [4.69, 9.17) is 4.74 Å². The third-order valence-electron chi connectivity index (χ3n) is 5.63. The fourth-order valence-corrected chi connectivity index (χ4v) is 3.89. The number of anilines is 1. The summed E-state index contributed by atoms with van der Waals surface area (Å²) >= 11 is 0. The van der Waals surface area contributed by atoms with Crippen LogP contribution in [0.3, 0.4) is 0 Å². The predicted molar refractivity (Wildman–Crippen MR) is 119 cm³/mol. The monoisotopic (exact) mass is 423 g/mol. The number of hydrogen-bond acceptors (Lipinski definition) is 5. The van der Waals surface area contributed by atoms with Crippen LogP contribution in [0.1, 0.15) is 35.3 Å². The molecule has 1 aliphatic rings. The highest BCUT2D eigenvalue weighted by atomic mass is 16.5. The summed E-state index contributed by atoms with van der Waals surface area (Å²) in [5.74, 6) is -0.603. The van der Waals surface area contributed by atoms with Crippen molar-refractivity contribution in [1.82, 2.24) is 9.80 Å². The topological polar surface area (TPSA) is 79.0 Å². The number of methoxy groups -OCH3 is 1. The number of fused-ring (bicyclic) bond motifs is 1. The van der Waals surface area contributed by atoms with Crippen LogP contribution in [0.15, 0.2) is 48.5 Å². The number of carbonyl (C=O) groups excluding carboxylic acids is 3. The highest BCUT2D eigenvalue weighted by molar-refractivity contribution is 5.96. The van der Waals surface area contributed by atoms with Crippen LogP contribution in [0.2, 0.25) is 0 Å². The molecular formula is C24H29N3O4. The van der Waals surface area contributed by atoms with Gasteiger partial charge in [-0.3, -0.25) is 19.3 Å². The molecular weight excluding hydrogens is 394 g/mol. The lowest BCUT2D eigenvalue weighted by atomic mass is 9.94. The van der Waals surface area contributed by atoms with Crippen molar-refractivity contribution in [3.63, 3.8) is 0 Å². The summed E-state index contributed by atoms with van der Waals surface area (Å²) < 4.78 is 4.96. The standard InChI is InChI=1S/C24H29N3O4/c1-4-26(5-2)23(29)17-10-12-20(13-11-17)25-22(28)16-27-15-19-9-7-6-8-18(19)14-21(27)24(30)31-3/h6-13,21H,4-5,14-16H2,1-3H3,(H,25,28)/t21-/m1/s1. The number of benzene rings is 2. The molecule has 7 nitrogen and oxygen atoms in total. The lowest BCUT2D eigenvalue weighted by Crippen LogP contribution is -2.49. The molecule has 7 heteroatoms. The van der Waals surface area contributed by atoms with Gasteiger partial charge >= 0.3 is 5.97 Å². The van der Waals surface area contributed by atoms with E-state index in [9.17, 15) is 14.4 Å². The Hall–Kier alpha value is -3.19. The van der Waals surface area contributed by atoms with Crippen LogP contribution >= 0.6 is 0 Å². The van der Waals surface area contributed by atoms with E-state index in [0.29, 0.717) is 37.3 Å². The van der Waals surface area contributed by atoms with Gasteiger partial charge in [-0.25, -0.2) is 0 Å². The molecule has 0 spiro atoms. The minimum Gasteiger partial charge on any atom is -0.468 e. The molecule has 0 fully saturated rings. The minimum atomic E-state index is -0.500. The molecule has 0 aromatic heterocycles. The Morgan fingerprint density at radius 1 is 1.03 bits per heavy atom. The molecule has 2 aromatic rings. The number of hydrogen-bond donors (Lipinski definition) is 1. The van der Waals surface area contributed by atoms with Crippen molar-refractivity contribution in [2.75, 3.05) is 32.1 Å². The van der Waals surface area contributed by atoms with Crippen LogP contribution < -0.4 is 5.32 Å². The fourth-order valence-electron chi connectivity index (χ4n) is 3.89. The summed E-state index contributed by atoms with van der Waals surface area (Å²) in [4.78, 5) is 41.0. The van der Waals surface area contributed by atoms with Gasteiger partial charge in [0.25, 0.3) is 5.91 Å². The molecule has 3 rings (SSSR count). The molecule has 0 saturated carbocycles. The Morgan fingerprint density at radius 2 is 1.68 bits per heavy atom. The smallest absolute Gasteiger partial charge is 0.323 e. The van der Waals surface area contributed by atoms with Gasteiger partial charge in [0, 0.05) is 30.9 Å². The molecule has 2 aromatic carbocycles. The van der Waals surface area contributed by atoms with Crippen molar-refractivity contribution in [3.8, 4) is 0 Å². The van der Waals surface area contributed by atoms with Gasteiger partial charge in [-0.2, -0.15) is 0 Å². The first-order chi connectivity index (χ1) is 15.0. The molecule has 1 heterocycles. The summed E-state index contributed by atoms with van der Waals surface area (Å²) in [6.45, 7) is 5.74. The zero-order valence-corrected chi connectivity index (χ0v) is 18.3. The van der Waals surface area contributed by atoms with Gasteiger partial charge in [-0.15, -0.1) is 0 Å². The van der Waals surface area contributed by atoms with E-state index < -0.39 is 6.04 Å². The zero-order valence-electron chi connectivity index (χ0n) is 18.3. The Labute approximate surface area is 183 Å². The second-order valence-corrected chi connectivity index (χ2v) is 7.52. The van der Waals surface area contributed by atoms with Crippen LogP contribution in [0.5, 0.6) is 0 Å². The van der Waals surface area contributed by atoms with E-state index in [1.165, 1.54) is 7.11 Å². The van der Waals surface area contributed by atoms with E-state index in [1.54, 1.807) is 29.2 Å². The van der Waals surface area contributed by atoms with E-state index in [1.807, 2.05) is 43.0 Å². The third-order valence-corrected chi connectivity index (χ3v) is 5.63. The van der Waals surface area contributed by atoms with Crippen LogP contribution in [-0.4, -0.2) is 60.4 Å². The van der Waals surface area contributed by atoms with Crippen molar-refractivity contribution in [1.29, 1.82) is 0 Å². The Bertz CT molecular complexity index is 938. The van der Waals surface area contributed by atoms with Crippen LogP contribution in [0.4, 0.5) is 5.69 Å². The normalized spacial score (nSPS) is 15.6. The van der Waals surface area contributed by atoms with E-state index >= 15 is 0 Å². The SMILES string of the molecule is CCN(CC)C(=O)c1ccc(NC(=O)CN2Cc3ccccc3C[C@@H]2C(=O)OC)cc1. The summed E-state index contributed by atoms with van der Waals surface area (Å²) in [7, 11) is 1.36. The van der Waals surface area contributed by atoms with Crippen LogP contribution in [-0.2, 0) is 27.3 Å². The van der Waals surface area contributed by atoms with Gasteiger partial charge < -0.3 is 15.0 Å². The molecule has 1 N–H and O–H groups in total. The molecule has 1 aliphatic heterocycles. The minimum absolute atomic E-state index is 0.0317. The van der Waals surface area contributed by atoms with Gasteiger partial charge in [-0.1, -0.05) is 24.3 Å². The van der Waals surface area contributed by atoms with Crippen molar-refractivity contribution in [2.24, 2.45) is 0 Å². The maximum atomic E-state index is 12.7. The molecule has 0 saturated heterocycles. The molecule has 2 amide bonds. The molecule has 164 valence electrons. The van der Waals surface area contributed by atoms with E-state index in [-0.39, 0.29) is 24.3 Å². The van der Waals surface area contributed by atoms with E-state index in [2.05, 4.69) is 5.32 Å². The van der Waals surface area contributed by atoms with Crippen molar-refractivity contribution in [3.05, 3.63) is 65.2 Å². The molecule has 1 atom stereocenters. The summed E-state index contributed by atoms with van der Waals surface area (Å²) in [6.07, 6.45) is 0.512. The number of amides is 2. The first kappa shape index (κ1) is 22.5. The molecule has 0 bridgehead atoms. The Kier molecular flexibility index (Phi) is 7.41. The summed E-state index contributed by atoms with van der Waals surface area (Å²) in [5.41, 5.74) is 3.39. The van der Waals surface area contributed by atoms with Crippen LogP contribution in [0.25, 0.3) is 0 Å². The maximum absolute atomic E-state index is 12.7. The number of rotatable bonds is 7. The van der Waals surface area contributed by atoms with Crippen LogP contribution in [0, 0.1) is 0 Å². The number of nitrogens with one attached hydrogen (secondary N) is 1. The Balaban J connectivity index is 1.66. The third kappa shape index (κ3) is 5.30. The second kappa shape index (κ2) is 10.2. The molecule has 31 heavy (non-hydrogen) atoms. The average molecular weight is 424 g/mol. The Morgan fingerprint density at radius 3 is 2.29 bits per heavy atom. The van der Waals surface area contributed by atoms with Crippen molar-refractivity contribution < 1.29 is 19.1 Å². The molecule has 0 aliphatic carbocycles. The first-order valence-corrected chi connectivity index (χ1v) is 10.5. The lowest BCUT2D eigenvalue weighted by Gasteiger charge is -2.34. The van der Waals surface area contributed by atoms with Gasteiger partial charge in [0.15, 0.2) is 0 Å². The maximum Gasteiger partial charge on any atom is 0.323 e. The highest BCUT2D eigenvalue weighted by Crippen LogP contribution is 2.24. The van der Waals surface area contributed by atoms with Crippen molar-refractivity contribution in [2.45, 2.75) is 32.9 Å². The summed E-state index contributed by atoms with van der Waals surface area (Å²) in [5, 5.41) is 2.86. The average Bonchev–Trinajstić information content (AvgIpc) is 2.79. The predicted octanol–water partition coefficient (Wildman–Crippen LogP) is 2.71. The van der Waals surface area contributed by atoms with Crippen molar-refractivity contribution >= 4 is 23.5 Å². The number of ether oxygens (including phenoxy) is 1. The summed E-state index contributed by atoms with van der Waals surface area (Å²) in [6, 6.07) is 14.3. The quantitative estimate of drug-likeness (QED) is 0.693. The van der Waals surface area contributed by atoms with E-state index in [0.717, 1.165) is 11.1 Å². The van der Waals surface area contributed by atoms with Gasteiger partial charge in [-0.05, 0) is 55.7 Å². The first-order valence-electron chi connectivity index (χ1n) is 10.5. The number of nitrogens with zero attached hydrogens (tertiary/aromatic N) is 2. The largest absolute Gasteiger partial charge is 0.468 e. The second-order valence-electron chi connectivity index (χ2n) is 7.52. The number of carbonyl (C=O) groups is 3. The number of esters is 1. The molecule has 0 radical (unpaired) electrons. The zero-order chi connectivity index (χ0) is 22.4. The van der Waals surface area contributed by atoms with Gasteiger partial charge in [0.05, 0.1) is 13.7 Å².